The highest BCUT2D eigenvalue weighted by Crippen LogP contribution is 1.93. The van der Waals surface area contributed by atoms with Gasteiger partial charge in [0.05, 0.1) is 6.61 Å². The maximum atomic E-state index is 10.0. The van der Waals surface area contributed by atoms with Crippen molar-refractivity contribution in [2.24, 2.45) is 0 Å². The molecular formula is C5H7N2O5-. The number of rotatable bonds is 4. The molecule has 2 atom stereocenters. The minimum atomic E-state index is -1.97. The highest BCUT2D eigenvalue weighted by molar-refractivity contribution is 6.33. The molecule has 0 fully saturated rings. The van der Waals surface area contributed by atoms with Gasteiger partial charge in [0, 0.05) is 0 Å². The van der Waals surface area contributed by atoms with E-state index in [9.17, 15) is 9.90 Å². The minimum Gasteiger partial charge on any atom is -0.539 e. The van der Waals surface area contributed by atoms with E-state index in [-0.39, 0.29) is 0 Å². The van der Waals surface area contributed by atoms with Gasteiger partial charge in [-0.25, -0.2) is 0 Å². The van der Waals surface area contributed by atoms with Crippen molar-refractivity contribution in [3.05, 3.63) is 5.53 Å². The number of nitrogens with zero attached hydrogens (tertiary/aromatic N) is 2. The number of aliphatic hydroxyl groups is 3. The lowest BCUT2D eigenvalue weighted by Gasteiger charge is -2.10. The molecule has 0 saturated heterocycles. The van der Waals surface area contributed by atoms with E-state index in [0.717, 1.165) is 0 Å². The van der Waals surface area contributed by atoms with Crippen LogP contribution in [0.4, 0.5) is 0 Å². The van der Waals surface area contributed by atoms with Gasteiger partial charge in [-0.2, -0.15) is 4.79 Å². The molecule has 0 spiro atoms. The number of hydrogen-bond acceptors (Lipinski definition) is 5. The van der Waals surface area contributed by atoms with Crippen molar-refractivity contribution < 1.29 is 30.0 Å². The standard InChI is InChI=1S/C5H8N2O5/c6-7-3(5(11)12)4(10)2(9)1-8/h2,4,8-10H,1H2,(H,11,12)/p-1. The van der Waals surface area contributed by atoms with Crippen LogP contribution in [0.25, 0.3) is 5.53 Å². The molecule has 0 heterocycles. The Bertz CT molecular complexity index is 222. The molecule has 0 aliphatic rings. The summed E-state index contributed by atoms with van der Waals surface area (Å²) in [5.74, 6) is -1.92. The van der Waals surface area contributed by atoms with E-state index >= 15 is 0 Å². The fourth-order valence-corrected chi connectivity index (χ4v) is 0.503. The Hall–Kier alpha value is -1.27. The van der Waals surface area contributed by atoms with Crippen molar-refractivity contribution in [3.8, 4) is 0 Å². The van der Waals surface area contributed by atoms with Gasteiger partial charge < -0.3 is 30.8 Å². The molecule has 0 amide bonds. The summed E-state index contributed by atoms with van der Waals surface area (Å²) in [4.78, 5) is 12.2. The van der Waals surface area contributed by atoms with Gasteiger partial charge >= 0.3 is 5.71 Å². The fraction of sp³-hybridized carbons (Fsp3) is 0.600. The van der Waals surface area contributed by atoms with Crippen LogP contribution >= 0.6 is 0 Å². The van der Waals surface area contributed by atoms with Crippen LogP contribution in [0.2, 0.25) is 0 Å². The number of aliphatic hydroxyl groups excluding tert-OH is 3. The average molecular weight is 175 g/mol. The van der Waals surface area contributed by atoms with E-state index in [1.807, 2.05) is 0 Å². The lowest BCUT2D eigenvalue weighted by atomic mass is 10.1. The molecule has 3 N–H and O–H groups in total. The van der Waals surface area contributed by atoms with E-state index in [1.54, 1.807) is 0 Å². The van der Waals surface area contributed by atoms with Crippen LogP contribution in [-0.2, 0) is 4.79 Å². The van der Waals surface area contributed by atoms with Gasteiger partial charge in [0.2, 0.25) is 0 Å². The zero-order valence-corrected chi connectivity index (χ0v) is 5.91. The van der Waals surface area contributed by atoms with Crippen LogP contribution in [-0.4, -0.2) is 50.6 Å². The van der Waals surface area contributed by atoms with Crippen molar-refractivity contribution >= 4 is 11.7 Å². The largest absolute Gasteiger partial charge is 0.539 e. The molecule has 7 nitrogen and oxygen atoms in total. The minimum absolute atomic E-state index is 0.854. The normalized spacial score (nSPS) is 14.6. The molecule has 0 rings (SSSR count). The van der Waals surface area contributed by atoms with Crippen molar-refractivity contribution in [1.29, 1.82) is 0 Å². The maximum absolute atomic E-state index is 10.0. The second-order valence-corrected chi connectivity index (χ2v) is 1.97. The molecule has 0 aliphatic heterocycles. The topological polar surface area (TPSA) is 137 Å². The quantitative estimate of drug-likeness (QED) is 0.228. The first-order valence-corrected chi connectivity index (χ1v) is 2.94. The van der Waals surface area contributed by atoms with Crippen LogP contribution in [0, 0.1) is 0 Å². The number of carbonyl (C=O) groups excluding carboxylic acids is 1. The first kappa shape index (κ1) is 10.7. The predicted octanol–water partition coefficient (Wildman–Crippen LogP) is -3.88. The summed E-state index contributed by atoms with van der Waals surface area (Å²) in [7, 11) is 0. The Morgan fingerprint density at radius 2 is 2.08 bits per heavy atom. The smallest absolute Gasteiger partial charge is 0.345 e. The molecule has 0 aliphatic carbocycles. The Morgan fingerprint density at radius 1 is 1.58 bits per heavy atom. The number of aliphatic carboxylic acids is 1. The molecule has 68 valence electrons. The van der Waals surface area contributed by atoms with Crippen LogP contribution in [0.1, 0.15) is 0 Å². The van der Waals surface area contributed by atoms with E-state index in [1.165, 1.54) is 0 Å². The van der Waals surface area contributed by atoms with Gasteiger partial charge in [0.25, 0.3) is 0 Å². The molecule has 2 unspecified atom stereocenters. The number of carboxylic acid groups (broad SMARTS) is 1. The summed E-state index contributed by atoms with van der Waals surface area (Å²) in [6.07, 6.45) is -3.68. The van der Waals surface area contributed by atoms with Crippen molar-refractivity contribution in [3.63, 3.8) is 0 Å². The summed E-state index contributed by atoms with van der Waals surface area (Å²) < 4.78 is 0. The van der Waals surface area contributed by atoms with E-state index in [4.69, 9.17) is 20.9 Å². The average Bonchev–Trinajstić information content (AvgIpc) is 2.03. The lowest BCUT2D eigenvalue weighted by molar-refractivity contribution is -0.298. The molecule has 7 heteroatoms. The van der Waals surface area contributed by atoms with Crippen molar-refractivity contribution in [1.82, 2.24) is 0 Å². The SMILES string of the molecule is [N-]=[N+]=C(C(=O)[O-])C(O)C(O)CO. The summed E-state index contributed by atoms with van der Waals surface area (Å²) in [5.41, 5.74) is 6.90. The van der Waals surface area contributed by atoms with Gasteiger partial charge in [0.15, 0.2) is 12.1 Å². The van der Waals surface area contributed by atoms with Gasteiger partial charge in [0.1, 0.15) is 6.10 Å². The molecule has 0 aromatic carbocycles. The fourth-order valence-electron chi connectivity index (χ4n) is 0.503. The van der Waals surface area contributed by atoms with Crippen LogP contribution in [0.15, 0.2) is 0 Å². The maximum Gasteiger partial charge on any atom is 0.345 e. The zero-order chi connectivity index (χ0) is 9.72. The number of hydrogen-bond donors (Lipinski definition) is 3. The van der Waals surface area contributed by atoms with Gasteiger partial charge in [-0.3, -0.25) is 0 Å². The second-order valence-electron chi connectivity index (χ2n) is 1.97. The summed E-state index contributed by atoms with van der Waals surface area (Å²) >= 11 is 0. The van der Waals surface area contributed by atoms with Crippen LogP contribution < -0.4 is 5.11 Å². The highest BCUT2D eigenvalue weighted by atomic mass is 16.4. The Labute approximate surface area is 67.1 Å². The Balaban J connectivity index is 4.55. The predicted molar refractivity (Wildman–Crippen MR) is 32.7 cm³/mol. The molecule has 0 saturated carbocycles. The zero-order valence-electron chi connectivity index (χ0n) is 5.91. The Kier molecular flexibility index (Phi) is 4.09. The van der Waals surface area contributed by atoms with E-state index < -0.39 is 30.5 Å². The van der Waals surface area contributed by atoms with E-state index in [2.05, 4.69) is 4.79 Å². The van der Waals surface area contributed by atoms with Crippen LogP contribution in [0.5, 0.6) is 0 Å². The monoisotopic (exact) mass is 175 g/mol. The summed E-state index contributed by atoms with van der Waals surface area (Å²) in [6.45, 7) is -0.854. The highest BCUT2D eigenvalue weighted by Gasteiger charge is 2.29. The molecule has 0 aromatic rings. The van der Waals surface area contributed by atoms with Gasteiger partial charge in [-0.15, -0.1) is 0 Å². The molecule has 0 radical (unpaired) electrons. The van der Waals surface area contributed by atoms with Gasteiger partial charge in [-0.1, -0.05) is 0 Å². The summed E-state index contributed by atoms with van der Waals surface area (Å²) in [6, 6.07) is 0. The lowest BCUT2D eigenvalue weighted by Crippen LogP contribution is -2.46. The molecule has 0 aromatic heterocycles. The third-order valence-electron chi connectivity index (χ3n) is 1.15. The molecular weight excluding hydrogens is 168 g/mol. The summed E-state index contributed by atoms with van der Waals surface area (Å²) in [5, 5.41) is 35.8. The third kappa shape index (κ3) is 2.40. The number of carboxylic acids is 1. The van der Waals surface area contributed by atoms with Crippen LogP contribution in [0.3, 0.4) is 0 Å². The van der Waals surface area contributed by atoms with Crippen molar-refractivity contribution in [2.75, 3.05) is 6.61 Å². The molecule has 0 bridgehead atoms. The first-order valence-electron chi connectivity index (χ1n) is 2.94. The third-order valence-corrected chi connectivity index (χ3v) is 1.15. The second kappa shape index (κ2) is 4.58. The number of carbonyl (C=O) groups is 1. The van der Waals surface area contributed by atoms with Gasteiger partial charge in [-0.05, 0) is 0 Å². The first-order chi connectivity index (χ1) is 5.54. The Morgan fingerprint density at radius 3 is 2.33 bits per heavy atom. The van der Waals surface area contributed by atoms with Crippen molar-refractivity contribution in [2.45, 2.75) is 12.2 Å². The van der Waals surface area contributed by atoms with E-state index in [0.29, 0.717) is 0 Å². The molecule has 12 heavy (non-hydrogen) atoms.